The van der Waals surface area contributed by atoms with Gasteiger partial charge in [0.15, 0.2) is 0 Å². The van der Waals surface area contributed by atoms with E-state index in [9.17, 15) is 8.42 Å². The fraction of sp³-hybridized carbons (Fsp3) is 0.357. The van der Waals surface area contributed by atoms with Crippen LogP contribution in [0, 0.1) is 0 Å². The van der Waals surface area contributed by atoms with Crippen molar-refractivity contribution in [1.82, 2.24) is 9.78 Å². The van der Waals surface area contributed by atoms with Crippen LogP contribution in [0.1, 0.15) is 31.9 Å². The Morgan fingerprint density at radius 3 is 2.76 bits per heavy atom. The molecule has 0 bridgehead atoms. The zero-order valence-corrected chi connectivity index (χ0v) is 13.0. The summed E-state index contributed by atoms with van der Waals surface area (Å²) in [5.74, 6) is 0. The second-order valence-corrected chi connectivity index (χ2v) is 6.46. The number of hydrogen-bond acceptors (Lipinski definition) is 4. The fourth-order valence-electron chi connectivity index (χ4n) is 1.95. The number of nitrogens with two attached hydrogens (primary N) is 1. The van der Waals surface area contributed by atoms with Crippen molar-refractivity contribution in [1.29, 1.82) is 0 Å². The van der Waals surface area contributed by atoms with Gasteiger partial charge in [0.1, 0.15) is 0 Å². The Morgan fingerprint density at radius 1 is 1.38 bits per heavy atom. The minimum absolute atomic E-state index is 0.164. The molecule has 2 aromatic rings. The summed E-state index contributed by atoms with van der Waals surface area (Å²) in [5.41, 5.74) is 7.21. The number of sulfonamides is 1. The van der Waals surface area contributed by atoms with Crippen LogP contribution < -0.4 is 10.5 Å². The molecule has 0 spiro atoms. The third-order valence-corrected chi connectivity index (χ3v) is 4.62. The summed E-state index contributed by atoms with van der Waals surface area (Å²) in [4.78, 5) is 0.202. The molecule has 1 unspecified atom stereocenters. The topological polar surface area (TPSA) is 90.0 Å². The highest BCUT2D eigenvalue weighted by molar-refractivity contribution is 7.92. The molecule has 0 fully saturated rings. The van der Waals surface area contributed by atoms with Gasteiger partial charge < -0.3 is 5.73 Å². The average Bonchev–Trinajstić information content (AvgIpc) is 2.93. The molecule has 0 saturated heterocycles. The fourth-order valence-corrected chi connectivity index (χ4v) is 3.03. The van der Waals surface area contributed by atoms with Crippen molar-refractivity contribution < 1.29 is 8.42 Å². The van der Waals surface area contributed by atoms with Crippen LogP contribution in [0.5, 0.6) is 0 Å². The van der Waals surface area contributed by atoms with Gasteiger partial charge in [0, 0.05) is 18.8 Å². The Kier molecular flexibility index (Phi) is 4.64. The molecular weight excluding hydrogens is 288 g/mol. The second kappa shape index (κ2) is 6.28. The third-order valence-electron chi connectivity index (χ3n) is 3.25. The molecule has 1 heterocycles. The highest BCUT2D eigenvalue weighted by Crippen LogP contribution is 2.20. The van der Waals surface area contributed by atoms with E-state index < -0.39 is 10.0 Å². The van der Waals surface area contributed by atoms with Gasteiger partial charge in [0.05, 0.1) is 16.8 Å². The number of nitrogens with zero attached hydrogens (tertiary/aromatic N) is 2. The number of aromatic nitrogens is 2. The quantitative estimate of drug-likeness (QED) is 0.855. The monoisotopic (exact) mass is 308 g/mol. The van der Waals surface area contributed by atoms with Crippen molar-refractivity contribution in [2.45, 2.75) is 37.8 Å². The number of benzene rings is 1. The van der Waals surface area contributed by atoms with Gasteiger partial charge in [-0.1, -0.05) is 19.1 Å². The first-order valence-electron chi connectivity index (χ1n) is 6.87. The van der Waals surface area contributed by atoms with E-state index in [1.807, 2.05) is 19.9 Å². The zero-order valence-electron chi connectivity index (χ0n) is 12.2. The molecule has 1 aromatic carbocycles. The summed E-state index contributed by atoms with van der Waals surface area (Å²) in [5, 5.41) is 4.04. The van der Waals surface area contributed by atoms with E-state index in [1.54, 1.807) is 29.1 Å². The first-order chi connectivity index (χ1) is 9.96. The van der Waals surface area contributed by atoms with E-state index >= 15 is 0 Å². The van der Waals surface area contributed by atoms with Crippen LogP contribution in [0.15, 0.2) is 41.6 Å². The minimum Gasteiger partial charge on any atom is -0.324 e. The molecule has 6 nitrogen and oxygen atoms in total. The summed E-state index contributed by atoms with van der Waals surface area (Å²) < 4.78 is 28.9. The highest BCUT2D eigenvalue weighted by atomic mass is 32.2. The molecule has 0 radical (unpaired) electrons. The van der Waals surface area contributed by atoms with Crippen LogP contribution in [-0.4, -0.2) is 18.2 Å². The van der Waals surface area contributed by atoms with E-state index in [-0.39, 0.29) is 10.9 Å². The Morgan fingerprint density at radius 2 is 2.14 bits per heavy atom. The Hall–Kier alpha value is -1.86. The first kappa shape index (κ1) is 15.5. The van der Waals surface area contributed by atoms with E-state index in [0.717, 1.165) is 12.0 Å². The van der Waals surface area contributed by atoms with Gasteiger partial charge in [-0.25, -0.2) is 8.42 Å². The maximum Gasteiger partial charge on any atom is 0.262 e. The van der Waals surface area contributed by atoms with Crippen molar-refractivity contribution in [3.05, 3.63) is 42.2 Å². The number of nitrogens with one attached hydrogen (secondary N) is 1. The number of aryl methyl sites for hydroxylation is 1. The lowest BCUT2D eigenvalue weighted by atomic mass is 10.1. The normalized spacial score (nSPS) is 13.1. The third kappa shape index (κ3) is 3.62. The number of rotatable bonds is 6. The van der Waals surface area contributed by atoms with Crippen molar-refractivity contribution in [2.75, 3.05) is 4.72 Å². The van der Waals surface area contributed by atoms with Gasteiger partial charge in [-0.3, -0.25) is 9.40 Å². The van der Waals surface area contributed by atoms with Gasteiger partial charge in [-0.2, -0.15) is 5.10 Å². The Bertz CT molecular complexity index is 709. The highest BCUT2D eigenvalue weighted by Gasteiger charge is 2.16. The van der Waals surface area contributed by atoms with Crippen molar-refractivity contribution in [3.8, 4) is 0 Å². The van der Waals surface area contributed by atoms with E-state index in [0.29, 0.717) is 12.2 Å². The van der Waals surface area contributed by atoms with Gasteiger partial charge in [-0.15, -0.1) is 0 Å². The van der Waals surface area contributed by atoms with Gasteiger partial charge >= 0.3 is 0 Å². The van der Waals surface area contributed by atoms with Gasteiger partial charge in [-0.05, 0) is 31.0 Å². The lowest BCUT2D eigenvalue weighted by Crippen LogP contribution is -2.14. The molecular formula is C14H20N4O2S. The predicted octanol–water partition coefficient (Wildman–Crippen LogP) is 2.11. The van der Waals surface area contributed by atoms with Gasteiger partial charge in [0.25, 0.3) is 10.0 Å². The maximum absolute atomic E-state index is 12.4. The zero-order chi connectivity index (χ0) is 15.5. The molecule has 1 atom stereocenters. The molecule has 3 N–H and O–H groups in total. The molecule has 7 heteroatoms. The minimum atomic E-state index is -3.63. The maximum atomic E-state index is 12.4. The van der Waals surface area contributed by atoms with Crippen LogP contribution in [0.4, 0.5) is 5.69 Å². The van der Waals surface area contributed by atoms with Crippen LogP contribution in [0.3, 0.4) is 0 Å². The Balaban J connectivity index is 2.26. The Labute approximate surface area is 125 Å². The molecule has 0 saturated carbocycles. The molecule has 1 aromatic heterocycles. The lowest BCUT2D eigenvalue weighted by molar-refractivity contribution is 0.600. The van der Waals surface area contributed by atoms with E-state index in [1.165, 1.54) is 6.20 Å². The summed E-state index contributed by atoms with van der Waals surface area (Å²) in [6.45, 7) is 4.58. The van der Waals surface area contributed by atoms with Crippen LogP contribution in [-0.2, 0) is 16.6 Å². The second-order valence-electron chi connectivity index (χ2n) is 4.78. The van der Waals surface area contributed by atoms with Crippen LogP contribution in [0.2, 0.25) is 0 Å². The van der Waals surface area contributed by atoms with E-state index in [2.05, 4.69) is 9.82 Å². The van der Waals surface area contributed by atoms with Gasteiger partial charge in [0.2, 0.25) is 0 Å². The molecule has 0 amide bonds. The first-order valence-corrected chi connectivity index (χ1v) is 8.35. The molecule has 114 valence electrons. The molecule has 0 aliphatic carbocycles. The molecule has 0 aliphatic rings. The average molecular weight is 308 g/mol. The molecule has 0 aliphatic heterocycles. The molecule has 21 heavy (non-hydrogen) atoms. The number of hydrogen-bond donors (Lipinski definition) is 2. The van der Waals surface area contributed by atoms with Crippen molar-refractivity contribution >= 4 is 15.7 Å². The smallest absolute Gasteiger partial charge is 0.262 e. The van der Waals surface area contributed by atoms with E-state index in [4.69, 9.17) is 5.73 Å². The lowest BCUT2D eigenvalue weighted by Gasteiger charge is -2.11. The van der Waals surface area contributed by atoms with Crippen molar-refractivity contribution in [2.24, 2.45) is 5.73 Å². The molecule has 2 rings (SSSR count). The summed E-state index contributed by atoms with van der Waals surface area (Å²) in [6.07, 6.45) is 3.89. The SMILES string of the molecule is CCC(N)c1cccc(S(=O)(=O)Nc2cnn(CC)c2)c1. The van der Waals surface area contributed by atoms with Crippen LogP contribution in [0.25, 0.3) is 0 Å². The summed E-state index contributed by atoms with van der Waals surface area (Å²) in [7, 11) is -3.63. The summed E-state index contributed by atoms with van der Waals surface area (Å²) in [6, 6.07) is 6.54. The van der Waals surface area contributed by atoms with Crippen LogP contribution >= 0.6 is 0 Å². The van der Waals surface area contributed by atoms with Crippen molar-refractivity contribution in [3.63, 3.8) is 0 Å². The predicted molar refractivity (Wildman–Crippen MR) is 82.4 cm³/mol. The number of anilines is 1. The standard InChI is InChI=1S/C14H20N4O2S/c1-3-14(15)11-6-5-7-13(8-11)21(19,20)17-12-9-16-18(4-2)10-12/h5-10,14,17H,3-4,15H2,1-2H3. The summed E-state index contributed by atoms with van der Waals surface area (Å²) >= 11 is 0. The largest absolute Gasteiger partial charge is 0.324 e.